The quantitative estimate of drug-likeness (QED) is 0.805. The third-order valence-electron chi connectivity index (χ3n) is 4.66. The molecule has 1 aliphatic rings. The summed E-state index contributed by atoms with van der Waals surface area (Å²) in [7, 11) is 0.928. The molecule has 1 saturated heterocycles. The number of rotatable bonds is 4. The highest BCUT2D eigenvalue weighted by Crippen LogP contribution is 2.30. The molecule has 146 valence electrons. The van der Waals surface area contributed by atoms with E-state index in [-0.39, 0.29) is 5.91 Å². The van der Waals surface area contributed by atoms with E-state index in [2.05, 4.69) is 15.1 Å². The Morgan fingerprint density at radius 1 is 1.30 bits per heavy atom. The predicted molar refractivity (Wildman–Crippen MR) is 101 cm³/mol. The Bertz CT molecular complexity index is 939. The van der Waals surface area contributed by atoms with Crippen LogP contribution in [-0.4, -0.2) is 48.6 Å². The Balaban J connectivity index is 1.83. The average Bonchev–Trinajstić information content (AvgIpc) is 2.96. The molecule has 3 rings (SSSR count). The molecule has 0 aliphatic carbocycles. The number of hydrogen-bond acceptors (Lipinski definition) is 5. The first kappa shape index (κ1) is 19.3. The van der Waals surface area contributed by atoms with Gasteiger partial charge in [0.2, 0.25) is 5.91 Å². The fourth-order valence-corrected chi connectivity index (χ4v) is 4.44. The van der Waals surface area contributed by atoms with Gasteiger partial charge < -0.3 is 10.1 Å². The van der Waals surface area contributed by atoms with Crippen LogP contribution in [0.3, 0.4) is 0 Å². The van der Waals surface area contributed by atoms with Crippen molar-refractivity contribution < 1.29 is 17.9 Å². The number of carbonyl (C=O) groups is 1. The number of benzene rings is 1. The van der Waals surface area contributed by atoms with Crippen LogP contribution < -0.4 is 14.8 Å². The minimum Gasteiger partial charge on any atom is -0.497 e. The van der Waals surface area contributed by atoms with Gasteiger partial charge in [0.15, 0.2) is 0 Å². The van der Waals surface area contributed by atoms with Crippen LogP contribution in [0, 0.1) is 6.92 Å². The summed E-state index contributed by atoms with van der Waals surface area (Å²) in [4.78, 5) is 12.8. The van der Waals surface area contributed by atoms with Crippen LogP contribution in [0.15, 0.2) is 30.5 Å². The number of amides is 1. The first-order chi connectivity index (χ1) is 12.7. The first-order valence-electron chi connectivity index (χ1n) is 8.41. The molecule has 0 saturated carbocycles. The Morgan fingerprint density at radius 2 is 1.96 bits per heavy atom. The summed E-state index contributed by atoms with van der Waals surface area (Å²) in [5, 5.41) is 7.04. The summed E-state index contributed by atoms with van der Waals surface area (Å²) in [5.41, 5.74) is 2.06. The molecule has 0 bridgehead atoms. The Morgan fingerprint density at radius 3 is 2.52 bits per heavy atom. The molecule has 27 heavy (non-hydrogen) atoms. The Kier molecular flexibility index (Phi) is 5.22. The standard InChI is InChI=1S/C17H23N5O4S/c1-11-14(10-21(2)19-11)15-9-16(22(3)27(24,25)20-15)17(23)18-12-5-7-13(26-4)8-6-12/h5-8,10,15-16,20H,9H2,1-4H3,(H,18,23)/t15-,16+/m0/s1. The molecule has 2 N–H and O–H groups in total. The zero-order valence-electron chi connectivity index (χ0n) is 15.6. The number of hydrogen-bond donors (Lipinski definition) is 2. The largest absolute Gasteiger partial charge is 0.497 e. The monoisotopic (exact) mass is 393 g/mol. The van der Waals surface area contributed by atoms with Crippen LogP contribution in [0.2, 0.25) is 0 Å². The maximum Gasteiger partial charge on any atom is 0.280 e. The minimum atomic E-state index is -3.80. The second kappa shape index (κ2) is 7.29. The molecule has 0 radical (unpaired) electrons. The zero-order valence-corrected chi connectivity index (χ0v) is 16.4. The molecule has 1 aromatic heterocycles. The van der Waals surface area contributed by atoms with E-state index in [4.69, 9.17) is 4.74 Å². The highest BCUT2D eigenvalue weighted by molar-refractivity contribution is 7.87. The van der Waals surface area contributed by atoms with Gasteiger partial charge in [-0.15, -0.1) is 0 Å². The normalized spacial score (nSPS) is 22.4. The number of nitrogens with one attached hydrogen (secondary N) is 2. The van der Waals surface area contributed by atoms with E-state index in [0.29, 0.717) is 17.9 Å². The van der Waals surface area contributed by atoms with Crippen LogP contribution in [0.1, 0.15) is 23.7 Å². The summed E-state index contributed by atoms with van der Waals surface area (Å²) >= 11 is 0. The van der Waals surface area contributed by atoms with Crippen LogP contribution >= 0.6 is 0 Å². The topological polar surface area (TPSA) is 106 Å². The molecule has 10 heteroatoms. The highest BCUT2D eigenvalue weighted by Gasteiger charge is 2.41. The van der Waals surface area contributed by atoms with Gasteiger partial charge in [-0.3, -0.25) is 9.48 Å². The number of carbonyl (C=O) groups excluding carboxylic acids is 1. The summed E-state index contributed by atoms with van der Waals surface area (Å²) in [6.07, 6.45) is 2.07. The van der Waals surface area contributed by atoms with E-state index < -0.39 is 22.3 Å². The Labute approximate surface area is 158 Å². The van der Waals surface area contributed by atoms with Gasteiger partial charge in [0.05, 0.1) is 18.8 Å². The van der Waals surface area contributed by atoms with Crippen molar-refractivity contribution in [2.45, 2.75) is 25.4 Å². The number of aromatic nitrogens is 2. The van der Waals surface area contributed by atoms with Crippen molar-refractivity contribution in [1.82, 2.24) is 18.8 Å². The lowest BCUT2D eigenvalue weighted by molar-refractivity contribution is -0.120. The molecular weight excluding hydrogens is 370 g/mol. The Hall–Kier alpha value is -2.43. The summed E-state index contributed by atoms with van der Waals surface area (Å²) in [6.45, 7) is 1.81. The van der Waals surface area contributed by atoms with Crippen molar-refractivity contribution in [1.29, 1.82) is 0 Å². The van der Waals surface area contributed by atoms with E-state index in [0.717, 1.165) is 15.6 Å². The molecule has 0 unspecified atom stereocenters. The smallest absolute Gasteiger partial charge is 0.280 e. The molecule has 1 fully saturated rings. The number of methoxy groups -OCH3 is 1. The third-order valence-corrected chi connectivity index (χ3v) is 6.25. The van der Waals surface area contributed by atoms with Crippen molar-refractivity contribution in [2.75, 3.05) is 19.5 Å². The van der Waals surface area contributed by atoms with Gasteiger partial charge in [-0.2, -0.15) is 22.5 Å². The lowest BCUT2D eigenvalue weighted by Gasteiger charge is -2.36. The second-order valence-corrected chi connectivity index (χ2v) is 8.27. The SMILES string of the molecule is COc1ccc(NC(=O)[C@H]2C[C@@H](c3cn(C)nc3C)NS(=O)(=O)N2C)cc1. The van der Waals surface area contributed by atoms with E-state index in [9.17, 15) is 13.2 Å². The zero-order chi connectivity index (χ0) is 19.8. The van der Waals surface area contributed by atoms with Crippen LogP contribution in [-0.2, 0) is 22.1 Å². The van der Waals surface area contributed by atoms with Gasteiger partial charge in [-0.25, -0.2) is 0 Å². The molecular formula is C17H23N5O4S. The maximum atomic E-state index is 12.8. The summed E-state index contributed by atoms with van der Waals surface area (Å²) < 4.78 is 35.5. The lowest BCUT2D eigenvalue weighted by atomic mass is 10.00. The number of ether oxygens (including phenoxy) is 1. The summed E-state index contributed by atoms with van der Waals surface area (Å²) in [5.74, 6) is 0.279. The number of likely N-dealkylation sites (N-methyl/N-ethyl adjacent to an activating group) is 1. The van der Waals surface area contributed by atoms with Crippen molar-refractivity contribution in [2.24, 2.45) is 7.05 Å². The van der Waals surface area contributed by atoms with Gasteiger partial charge >= 0.3 is 0 Å². The van der Waals surface area contributed by atoms with Crippen molar-refractivity contribution in [3.8, 4) is 5.75 Å². The number of nitrogens with zero attached hydrogens (tertiary/aromatic N) is 3. The van der Waals surface area contributed by atoms with Gasteiger partial charge in [0.1, 0.15) is 11.8 Å². The van der Waals surface area contributed by atoms with Crippen LogP contribution in [0.25, 0.3) is 0 Å². The van der Waals surface area contributed by atoms with Crippen LogP contribution in [0.5, 0.6) is 5.75 Å². The molecule has 0 spiro atoms. The second-order valence-electron chi connectivity index (χ2n) is 6.50. The molecule has 9 nitrogen and oxygen atoms in total. The fourth-order valence-electron chi connectivity index (χ4n) is 3.17. The van der Waals surface area contributed by atoms with E-state index in [1.165, 1.54) is 7.05 Å². The molecule has 1 aliphatic heterocycles. The highest BCUT2D eigenvalue weighted by atomic mass is 32.2. The molecule has 1 amide bonds. The van der Waals surface area contributed by atoms with Gasteiger partial charge in [0, 0.05) is 31.5 Å². The molecule has 2 atom stereocenters. The summed E-state index contributed by atoms with van der Waals surface area (Å²) in [6, 6.07) is 5.49. The van der Waals surface area contributed by atoms with Crippen molar-refractivity contribution in [3.63, 3.8) is 0 Å². The fraction of sp³-hybridized carbons (Fsp3) is 0.412. The molecule has 1 aromatic carbocycles. The lowest BCUT2D eigenvalue weighted by Crippen LogP contribution is -2.56. The van der Waals surface area contributed by atoms with Crippen molar-refractivity contribution >= 4 is 21.8 Å². The third kappa shape index (κ3) is 3.97. The predicted octanol–water partition coefficient (Wildman–Crippen LogP) is 0.955. The van der Waals surface area contributed by atoms with E-state index >= 15 is 0 Å². The van der Waals surface area contributed by atoms with Gasteiger partial charge in [0.25, 0.3) is 10.2 Å². The van der Waals surface area contributed by atoms with Gasteiger partial charge in [-0.05, 0) is 37.6 Å². The average molecular weight is 393 g/mol. The molecule has 2 aromatic rings. The molecule has 2 heterocycles. The van der Waals surface area contributed by atoms with Crippen LogP contribution in [0.4, 0.5) is 5.69 Å². The minimum absolute atomic E-state index is 0.296. The number of aryl methyl sites for hydroxylation is 2. The van der Waals surface area contributed by atoms with Crippen molar-refractivity contribution in [3.05, 3.63) is 41.7 Å². The van der Waals surface area contributed by atoms with E-state index in [1.54, 1.807) is 49.3 Å². The number of anilines is 1. The first-order valence-corrected chi connectivity index (χ1v) is 9.85. The van der Waals surface area contributed by atoms with E-state index in [1.807, 2.05) is 6.92 Å². The maximum absolute atomic E-state index is 12.8. The van der Waals surface area contributed by atoms with Gasteiger partial charge in [-0.1, -0.05) is 0 Å².